The number of unbranched alkanes of at least 4 members (excludes halogenated alkanes) is 3. The molecule has 7 heteroatoms. The number of thiazole rings is 1. The van der Waals surface area contributed by atoms with Gasteiger partial charge in [0.05, 0.1) is 11.1 Å². The van der Waals surface area contributed by atoms with Crippen molar-refractivity contribution in [3.8, 4) is 17.1 Å². The maximum absolute atomic E-state index is 12.7. The molecule has 2 aromatic carbocycles. The van der Waals surface area contributed by atoms with E-state index in [1.807, 2.05) is 54.6 Å². The molecular formula is C23H22BrN3O2S. The summed E-state index contributed by atoms with van der Waals surface area (Å²) in [4.78, 5) is 17.9. The zero-order valence-corrected chi connectivity index (χ0v) is 19.1. The molecule has 4 aromatic rings. The molecule has 0 aliphatic carbocycles. The van der Waals surface area contributed by atoms with Gasteiger partial charge in [0.1, 0.15) is 5.75 Å². The molecular weight excluding hydrogens is 462 g/mol. The van der Waals surface area contributed by atoms with Crippen LogP contribution in [-0.4, -0.2) is 21.2 Å². The first-order valence-electron chi connectivity index (χ1n) is 10.0. The highest BCUT2D eigenvalue weighted by molar-refractivity contribution is 9.10. The Labute approximate surface area is 187 Å². The van der Waals surface area contributed by atoms with Crippen LogP contribution in [-0.2, 0) is 0 Å². The number of rotatable bonds is 8. The lowest BCUT2D eigenvalue weighted by molar-refractivity contribution is 0.305. The van der Waals surface area contributed by atoms with Crippen molar-refractivity contribution in [3.05, 3.63) is 73.5 Å². The summed E-state index contributed by atoms with van der Waals surface area (Å²) in [7, 11) is 0. The largest absolute Gasteiger partial charge is 0.494 e. The monoisotopic (exact) mass is 483 g/mol. The van der Waals surface area contributed by atoms with Crippen molar-refractivity contribution >= 4 is 38.3 Å². The van der Waals surface area contributed by atoms with Crippen molar-refractivity contribution in [1.82, 2.24) is 14.6 Å². The van der Waals surface area contributed by atoms with Crippen molar-refractivity contribution in [2.75, 3.05) is 6.61 Å². The van der Waals surface area contributed by atoms with Crippen molar-refractivity contribution in [1.29, 1.82) is 0 Å². The number of benzene rings is 2. The predicted octanol–water partition coefficient (Wildman–Crippen LogP) is 5.09. The van der Waals surface area contributed by atoms with Crippen LogP contribution in [0.25, 0.3) is 22.4 Å². The van der Waals surface area contributed by atoms with Gasteiger partial charge in [-0.05, 0) is 54.5 Å². The van der Waals surface area contributed by atoms with Gasteiger partial charge in [-0.15, -0.1) is 5.10 Å². The van der Waals surface area contributed by atoms with E-state index >= 15 is 0 Å². The van der Waals surface area contributed by atoms with E-state index in [4.69, 9.17) is 4.74 Å². The lowest BCUT2D eigenvalue weighted by atomic mass is 10.2. The molecule has 0 N–H and O–H groups in total. The Hall–Kier alpha value is -2.51. The summed E-state index contributed by atoms with van der Waals surface area (Å²) in [5.41, 5.74) is 1.67. The Morgan fingerprint density at radius 2 is 1.97 bits per heavy atom. The summed E-state index contributed by atoms with van der Waals surface area (Å²) in [6.45, 7) is 2.93. The molecule has 0 saturated carbocycles. The molecule has 0 aliphatic heterocycles. The van der Waals surface area contributed by atoms with Gasteiger partial charge in [0.2, 0.25) is 4.96 Å². The second kappa shape index (κ2) is 9.53. The highest BCUT2D eigenvalue weighted by Gasteiger charge is 2.12. The van der Waals surface area contributed by atoms with Crippen LogP contribution in [0.3, 0.4) is 0 Å². The Morgan fingerprint density at radius 1 is 1.13 bits per heavy atom. The zero-order chi connectivity index (χ0) is 20.9. The van der Waals surface area contributed by atoms with Gasteiger partial charge in [-0.25, -0.2) is 0 Å². The van der Waals surface area contributed by atoms with Gasteiger partial charge in [-0.1, -0.05) is 65.6 Å². The van der Waals surface area contributed by atoms with Crippen molar-refractivity contribution in [2.45, 2.75) is 32.6 Å². The van der Waals surface area contributed by atoms with Crippen molar-refractivity contribution < 1.29 is 4.74 Å². The van der Waals surface area contributed by atoms with Crippen LogP contribution in [0.15, 0.2) is 57.8 Å². The number of aromatic nitrogens is 3. The highest BCUT2D eigenvalue weighted by atomic mass is 79.9. The molecule has 0 unspecified atom stereocenters. The Morgan fingerprint density at radius 3 is 2.70 bits per heavy atom. The lowest BCUT2D eigenvalue weighted by Gasteiger charge is -2.06. The van der Waals surface area contributed by atoms with E-state index in [9.17, 15) is 4.79 Å². The van der Waals surface area contributed by atoms with Crippen LogP contribution >= 0.6 is 27.3 Å². The van der Waals surface area contributed by atoms with E-state index in [0.717, 1.165) is 34.4 Å². The van der Waals surface area contributed by atoms with Crippen molar-refractivity contribution in [2.24, 2.45) is 0 Å². The third kappa shape index (κ3) is 4.79. The minimum absolute atomic E-state index is 0.152. The quantitative estimate of drug-likeness (QED) is 0.327. The van der Waals surface area contributed by atoms with Gasteiger partial charge in [0.25, 0.3) is 5.56 Å². The molecule has 0 aliphatic rings. The molecule has 0 spiro atoms. The predicted molar refractivity (Wildman–Crippen MR) is 125 cm³/mol. The van der Waals surface area contributed by atoms with E-state index in [2.05, 4.69) is 32.9 Å². The van der Waals surface area contributed by atoms with Gasteiger partial charge >= 0.3 is 0 Å². The van der Waals surface area contributed by atoms with Crippen LogP contribution in [0.4, 0.5) is 0 Å². The topological polar surface area (TPSA) is 56.5 Å². The van der Waals surface area contributed by atoms with Gasteiger partial charge in [-0.2, -0.15) is 9.50 Å². The van der Waals surface area contributed by atoms with Crippen LogP contribution in [0.2, 0.25) is 0 Å². The first-order chi connectivity index (χ1) is 14.6. The number of halogens is 1. The molecule has 4 rings (SSSR count). The van der Waals surface area contributed by atoms with E-state index in [-0.39, 0.29) is 5.56 Å². The first-order valence-corrected chi connectivity index (χ1v) is 11.6. The average Bonchev–Trinajstić information content (AvgIpc) is 3.28. The zero-order valence-electron chi connectivity index (χ0n) is 16.7. The van der Waals surface area contributed by atoms with Gasteiger partial charge in [0.15, 0.2) is 5.82 Å². The molecule has 0 atom stereocenters. The Kier molecular flexibility index (Phi) is 6.59. The third-order valence-electron chi connectivity index (χ3n) is 4.71. The maximum Gasteiger partial charge on any atom is 0.291 e. The molecule has 30 heavy (non-hydrogen) atoms. The molecule has 0 amide bonds. The van der Waals surface area contributed by atoms with Crippen LogP contribution in [0.1, 0.15) is 38.2 Å². The molecule has 2 aromatic heterocycles. The standard InChI is InChI=1S/C23H22BrN3O2S/c1-2-3-4-5-13-29-19-11-9-17(10-12-19)21-25-23-27(26-21)22(28)20(30-23)15-16-7-6-8-18(24)14-16/h6-12,14-15H,2-5,13H2,1H3/b20-15-. The summed E-state index contributed by atoms with van der Waals surface area (Å²) in [6, 6.07) is 15.5. The van der Waals surface area contributed by atoms with Crippen LogP contribution in [0, 0.1) is 0 Å². The first kappa shape index (κ1) is 20.8. The summed E-state index contributed by atoms with van der Waals surface area (Å²) < 4.78 is 8.75. The van der Waals surface area contributed by atoms with Crippen LogP contribution < -0.4 is 14.8 Å². The molecule has 0 saturated heterocycles. The molecule has 0 bridgehead atoms. The maximum atomic E-state index is 12.7. The Bertz CT molecular complexity index is 1250. The Balaban J connectivity index is 1.51. The van der Waals surface area contributed by atoms with Gasteiger partial charge < -0.3 is 4.74 Å². The van der Waals surface area contributed by atoms with Crippen molar-refractivity contribution in [3.63, 3.8) is 0 Å². The van der Waals surface area contributed by atoms with E-state index in [1.165, 1.54) is 35.1 Å². The minimum Gasteiger partial charge on any atom is -0.494 e. The molecule has 0 radical (unpaired) electrons. The second-order valence-electron chi connectivity index (χ2n) is 7.03. The van der Waals surface area contributed by atoms with E-state index in [0.29, 0.717) is 15.3 Å². The molecule has 154 valence electrons. The SMILES string of the molecule is CCCCCCOc1ccc(-c2nc3s/c(=C\c4cccc(Br)c4)c(=O)n3n2)cc1. The summed E-state index contributed by atoms with van der Waals surface area (Å²) in [5.74, 6) is 1.38. The van der Waals surface area contributed by atoms with Gasteiger partial charge in [-0.3, -0.25) is 4.79 Å². The normalized spacial score (nSPS) is 12.0. The van der Waals surface area contributed by atoms with Gasteiger partial charge in [0, 0.05) is 10.0 Å². The molecule has 0 fully saturated rings. The van der Waals surface area contributed by atoms with Crippen LogP contribution in [0.5, 0.6) is 5.75 Å². The number of fused-ring (bicyclic) bond motifs is 1. The molecule has 2 heterocycles. The number of nitrogens with zero attached hydrogens (tertiary/aromatic N) is 3. The lowest BCUT2D eigenvalue weighted by Crippen LogP contribution is -2.23. The average molecular weight is 484 g/mol. The fraction of sp³-hybridized carbons (Fsp3) is 0.261. The highest BCUT2D eigenvalue weighted by Crippen LogP contribution is 2.21. The number of ether oxygens (including phenoxy) is 1. The molecule has 5 nitrogen and oxygen atoms in total. The summed E-state index contributed by atoms with van der Waals surface area (Å²) in [6.07, 6.45) is 6.59. The smallest absolute Gasteiger partial charge is 0.291 e. The number of hydrogen-bond donors (Lipinski definition) is 0. The second-order valence-corrected chi connectivity index (χ2v) is 8.96. The van der Waals surface area contributed by atoms with E-state index < -0.39 is 0 Å². The van der Waals surface area contributed by atoms with E-state index in [1.54, 1.807) is 0 Å². The fourth-order valence-electron chi connectivity index (χ4n) is 3.12. The number of hydrogen-bond acceptors (Lipinski definition) is 5. The summed E-state index contributed by atoms with van der Waals surface area (Å²) in [5, 5.41) is 4.42. The fourth-order valence-corrected chi connectivity index (χ4v) is 4.45. The minimum atomic E-state index is -0.152. The third-order valence-corrected chi connectivity index (χ3v) is 6.16. The summed E-state index contributed by atoms with van der Waals surface area (Å²) >= 11 is 4.79.